The van der Waals surface area contributed by atoms with Gasteiger partial charge in [-0.1, -0.05) is 35.5 Å². The standard InChI is InChI=1S/C25H21F3N6O2/c1-24(14-35,16-6-4-3-5-7-16)30-22(36)15-8-10-19-18(12-15)21-23(33(2)32-31-21)34(19)17-9-11-20(29-13-17)25(26,27)28/h3-13,35H,14H2,1-2H3,(H,30,36)/t24-/m1/s1. The van der Waals surface area contributed by atoms with E-state index in [1.54, 1.807) is 36.7 Å². The van der Waals surface area contributed by atoms with Gasteiger partial charge in [-0.15, -0.1) is 5.10 Å². The largest absolute Gasteiger partial charge is 0.433 e. The van der Waals surface area contributed by atoms with Gasteiger partial charge in [0.2, 0.25) is 0 Å². The summed E-state index contributed by atoms with van der Waals surface area (Å²) >= 11 is 0. The van der Waals surface area contributed by atoms with Crippen LogP contribution in [-0.2, 0) is 18.8 Å². The molecule has 5 rings (SSSR count). The zero-order chi connectivity index (χ0) is 25.7. The van der Waals surface area contributed by atoms with E-state index < -0.39 is 23.3 Å². The molecule has 0 aliphatic carbocycles. The van der Waals surface area contributed by atoms with Crippen molar-refractivity contribution < 1.29 is 23.1 Å². The van der Waals surface area contributed by atoms with Gasteiger partial charge in [0.05, 0.1) is 29.5 Å². The van der Waals surface area contributed by atoms with Crippen LogP contribution in [0.3, 0.4) is 0 Å². The van der Waals surface area contributed by atoms with Crippen molar-refractivity contribution in [2.24, 2.45) is 7.05 Å². The highest BCUT2D eigenvalue weighted by Gasteiger charge is 2.32. The average Bonchev–Trinajstić information content (AvgIpc) is 3.41. The van der Waals surface area contributed by atoms with Crippen LogP contribution in [0.1, 0.15) is 28.5 Å². The topological polar surface area (TPSA) is 97.9 Å². The monoisotopic (exact) mass is 494 g/mol. The maximum Gasteiger partial charge on any atom is 0.433 e. The minimum absolute atomic E-state index is 0.309. The molecule has 2 aromatic carbocycles. The van der Waals surface area contributed by atoms with Gasteiger partial charge in [0.1, 0.15) is 11.2 Å². The van der Waals surface area contributed by atoms with Crippen molar-refractivity contribution in [3.8, 4) is 5.69 Å². The molecule has 0 fully saturated rings. The van der Waals surface area contributed by atoms with Crippen LogP contribution in [0.5, 0.6) is 0 Å². The molecule has 1 atom stereocenters. The van der Waals surface area contributed by atoms with Gasteiger partial charge in [-0.3, -0.25) is 9.36 Å². The number of nitrogens with one attached hydrogen (secondary N) is 1. The second-order valence-corrected chi connectivity index (χ2v) is 8.66. The van der Waals surface area contributed by atoms with Crippen molar-refractivity contribution in [3.63, 3.8) is 0 Å². The number of aliphatic hydroxyl groups is 1. The lowest BCUT2D eigenvalue weighted by Crippen LogP contribution is -2.46. The van der Waals surface area contributed by atoms with Gasteiger partial charge in [0.25, 0.3) is 5.91 Å². The molecule has 0 saturated carbocycles. The molecule has 3 aromatic heterocycles. The number of hydrogen-bond donors (Lipinski definition) is 2. The Balaban J connectivity index is 1.58. The Bertz CT molecular complexity index is 1580. The Kier molecular flexibility index (Phi) is 5.51. The maximum absolute atomic E-state index is 13.2. The first-order valence-electron chi connectivity index (χ1n) is 11.0. The number of halogens is 3. The number of rotatable bonds is 5. The molecule has 36 heavy (non-hydrogen) atoms. The van der Waals surface area contributed by atoms with Crippen molar-refractivity contribution in [1.82, 2.24) is 29.9 Å². The van der Waals surface area contributed by atoms with Gasteiger partial charge < -0.3 is 10.4 Å². The predicted molar refractivity (Wildman–Crippen MR) is 126 cm³/mol. The van der Waals surface area contributed by atoms with Crippen molar-refractivity contribution in [2.75, 3.05) is 6.61 Å². The summed E-state index contributed by atoms with van der Waals surface area (Å²) < 4.78 is 42.2. The Morgan fingerprint density at radius 3 is 2.47 bits per heavy atom. The number of pyridine rings is 1. The molecule has 0 aliphatic heterocycles. The van der Waals surface area contributed by atoms with Crippen molar-refractivity contribution in [3.05, 3.63) is 83.7 Å². The number of benzene rings is 2. The number of fused-ring (bicyclic) bond motifs is 3. The molecule has 5 aromatic rings. The Labute approximate surface area is 203 Å². The predicted octanol–water partition coefficient (Wildman–Crippen LogP) is 3.96. The molecule has 184 valence electrons. The molecule has 0 radical (unpaired) electrons. The van der Waals surface area contributed by atoms with Crippen LogP contribution in [0.25, 0.3) is 27.8 Å². The molecular weight excluding hydrogens is 473 g/mol. The van der Waals surface area contributed by atoms with Crippen molar-refractivity contribution in [2.45, 2.75) is 18.6 Å². The van der Waals surface area contributed by atoms with E-state index in [-0.39, 0.29) is 6.61 Å². The Morgan fingerprint density at radius 1 is 1.08 bits per heavy atom. The molecule has 0 unspecified atom stereocenters. The van der Waals surface area contributed by atoms with Crippen LogP contribution >= 0.6 is 0 Å². The first-order chi connectivity index (χ1) is 17.1. The zero-order valence-corrected chi connectivity index (χ0v) is 19.3. The van der Waals surface area contributed by atoms with Gasteiger partial charge >= 0.3 is 6.18 Å². The number of alkyl halides is 3. The van der Waals surface area contributed by atoms with Gasteiger partial charge in [-0.05, 0) is 42.8 Å². The third kappa shape index (κ3) is 3.87. The fourth-order valence-corrected chi connectivity index (χ4v) is 4.23. The van der Waals surface area contributed by atoms with Crippen LogP contribution in [0.2, 0.25) is 0 Å². The third-order valence-corrected chi connectivity index (χ3v) is 6.18. The lowest BCUT2D eigenvalue weighted by Gasteiger charge is -2.29. The van der Waals surface area contributed by atoms with E-state index in [4.69, 9.17) is 0 Å². The van der Waals surface area contributed by atoms with E-state index in [0.29, 0.717) is 33.3 Å². The van der Waals surface area contributed by atoms with E-state index in [1.165, 1.54) is 10.7 Å². The van der Waals surface area contributed by atoms with E-state index in [2.05, 4.69) is 20.6 Å². The number of hydrogen-bond acceptors (Lipinski definition) is 5. The lowest BCUT2D eigenvalue weighted by atomic mass is 9.92. The van der Waals surface area contributed by atoms with Crippen LogP contribution in [0.4, 0.5) is 13.2 Å². The summed E-state index contributed by atoms with van der Waals surface area (Å²) in [5.41, 5.74) is 1.11. The summed E-state index contributed by atoms with van der Waals surface area (Å²) in [5, 5.41) is 21.8. The van der Waals surface area contributed by atoms with Gasteiger partial charge in [0, 0.05) is 18.0 Å². The Morgan fingerprint density at radius 2 is 1.83 bits per heavy atom. The van der Waals surface area contributed by atoms with E-state index in [0.717, 1.165) is 17.8 Å². The maximum atomic E-state index is 13.2. The number of carbonyl (C=O) groups is 1. The number of aromatic nitrogens is 5. The Hall–Kier alpha value is -4.25. The van der Waals surface area contributed by atoms with E-state index in [9.17, 15) is 23.1 Å². The quantitative estimate of drug-likeness (QED) is 0.386. The molecule has 3 heterocycles. The molecular formula is C25H21F3N6O2. The minimum Gasteiger partial charge on any atom is -0.394 e. The summed E-state index contributed by atoms with van der Waals surface area (Å²) in [5.74, 6) is -0.404. The summed E-state index contributed by atoms with van der Waals surface area (Å²) in [6.07, 6.45) is -3.41. The van der Waals surface area contributed by atoms with Gasteiger partial charge in [-0.25, -0.2) is 9.67 Å². The molecule has 0 saturated heterocycles. The summed E-state index contributed by atoms with van der Waals surface area (Å²) in [6, 6.07) is 16.3. The second kappa shape index (κ2) is 8.45. The van der Waals surface area contributed by atoms with Crippen LogP contribution in [-0.4, -0.2) is 42.2 Å². The number of nitrogens with zero attached hydrogens (tertiary/aromatic N) is 5. The van der Waals surface area contributed by atoms with Crippen LogP contribution in [0.15, 0.2) is 66.9 Å². The molecule has 11 heteroatoms. The number of carbonyl (C=O) groups excluding carboxylic acids is 1. The third-order valence-electron chi connectivity index (χ3n) is 6.18. The molecule has 2 N–H and O–H groups in total. The highest BCUT2D eigenvalue weighted by atomic mass is 19.4. The van der Waals surface area contributed by atoms with Crippen LogP contribution < -0.4 is 5.32 Å². The second-order valence-electron chi connectivity index (χ2n) is 8.66. The lowest BCUT2D eigenvalue weighted by molar-refractivity contribution is -0.141. The summed E-state index contributed by atoms with van der Waals surface area (Å²) in [6.45, 7) is 1.42. The highest BCUT2D eigenvalue weighted by Crippen LogP contribution is 2.33. The molecule has 8 nitrogen and oxygen atoms in total. The number of aliphatic hydroxyl groups excluding tert-OH is 1. The molecule has 1 amide bonds. The smallest absolute Gasteiger partial charge is 0.394 e. The summed E-state index contributed by atoms with van der Waals surface area (Å²) in [7, 11) is 1.67. The van der Waals surface area contributed by atoms with E-state index in [1.807, 2.05) is 30.3 Å². The van der Waals surface area contributed by atoms with Crippen molar-refractivity contribution in [1.29, 1.82) is 0 Å². The zero-order valence-electron chi connectivity index (χ0n) is 19.3. The fourth-order valence-electron chi connectivity index (χ4n) is 4.23. The van der Waals surface area contributed by atoms with E-state index >= 15 is 0 Å². The average molecular weight is 494 g/mol. The fraction of sp³-hybridized carbons (Fsp3) is 0.200. The SMILES string of the molecule is Cn1nnc2c3cc(C(=O)N[C@](C)(CO)c4ccccc4)ccc3n(-c3ccc(C(F)(F)F)nc3)c21. The minimum atomic E-state index is -4.55. The first-order valence-corrected chi connectivity index (χ1v) is 11.0. The molecule has 0 bridgehead atoms. The number of amides is 1. The highest BCUT2D eigenvalue weighted by molar-refractivity contribution is 6.09. The van der Waals surface area contributed by atoms with Gasteiger partial charge in [0.15, 0.2) is 5.65 Å². The normalized spacial score (nSPS) is 13.7. The van der Waals surface area contributed by atoms with Crippen LogP contribution in [0, 0.1) is 0 Å². The summed E-state index contributed by atoms with van der Waals surface area (Å²) in [4.78, 5) is 16.8. The van der Waals surface area contributed by atoms with Crippen molar-refractivity contribution >= 4 is 28.0 Å². The van der Waals surface area contributed by atoms with Gasteiger partial charge in [-0.2, -0.15) is 13.2 Å². The molecule has 0 spiro atoms. The first kappa shape index (κ1) is 23.5. The number of aryl methyl sites for hydroxylation is 1. The molecule has 0 aliphatic rings.